The molecule has 2 N–H and O–H groups in total. The maximum absolute atomic E-state index is 12.2. The van der Waals surface area contributed by atoms with Gasteiger partial charge in [0.15, 0.2) is 9.84 Å². The summed E-state index contributed by atoms with van der Waals surface area (Å²) >= 11 is 0. The van der Waals surface area contributed by atoms with E-state index in [0.717, 1.165) is 11.8 Å². The van der Waals surface area contributed by atoms with Crippen LogP contribution in [0.4, 0.5) is 11.4 Å². The number of sulfone groups is 1. The summed E-state index contributed by atoms with van der Waals surface area (Å²) in [6, 6.07) is 21.2. The minimum atomic E-state index is -3.53. The van der Waals surface area contributed by atoms with Crippen molar-refractivity contribution >= 4 is 27.1 Å². The van der Waals surface area contributed by atoms with Crippen LogP contribution in [-0.4, -0.2) is 27.1 Å². The summed E-state index contributed by atoms with van der Waals surface area (Å²) in [5.74, 6) is 0.719. The summed E-state index contributed by atoms with van der Waals surface area (Å²) in [5.41, 5.74) is 2.06. The lowest BCUT2D eigenvalue weighted by Crippen LogP contribution is -2.22. The molecule has 0 spiro atoms. The molecule has 0 aliphatic carbocycles. The molecule has 3 aromatic carbocycles. The third kappa shape index (κ3) is 5.83. The molecule has 0 aromatic heterocycles. The smallest absolute Gasteiger partial charge is 0.243 e. The fraction of sp³-hybridized carbons (Fsp3) is 0.136. The zero-order valence-corrected chi connectivity index (χ0v) is 17.0. The summed E-state index contributed by atoms with van der Waals surface area (Å²) in [4.78, 5) is 12.3. The number of carbonyl (C=O) groups excluding carboxylic acids is 1. The van der Waals surface area contributed by atoms with Gasteiger partial charge >= 0.3 is 0 Å². The molecule has 29 heavy (non-hydrogen) atoms. The van der Waals surface area contributed by atoms with Crippen molar-refractivity contribution in [3.8, 4) is 11.5 Å². The van der Waals surface area contributed by atoms with Crippen LogP contribution in [0.1, 0.15) is 5.56 Å². The summed E-state index contributed by atoms with van der Waals surface area (Å²) in [7, 11) is -3.53. The zero-order valence-electron chi connectivity index (χ0n) is 16.2. The number of amides is 1. The van der Waals surface area contributed by atoms with Gasteiger partial charge in [0.1, 0.15) is 11.5 Å². The van der Waals surface area contributed by atoms with Gasteiger partial charge in [0.05, 0.1) is 17.1 Å². The van der Waals surface area contributed by atoms with Gasteiger partial charge < -0.3 is 15.4 Å². The third-order valence-electron chi connectivity index (χ3n) is 4.07. The Hall–Kier alpha value is -3.32. The number of ether oxygens (including phenoxy) is 1. The molecule has 1 amide bonds. The molecular formula is C22H22N2O4S. The Kier molecular flexibility index (Phi) is 6.19. The SMILES string of the molecule is Cc1cccc(NC(=O)CNc2ccc(Oc3ccccc3)cc2S(C)(=O)=O)c1. The van der Waals surface area contributed by atoms with Crippen molar-refractivity contribution in [1.29, 1.82) is 0 Å². The van der Waals surface area contributed by atoms with Crippen LogP contribution in [0.15, 0.2) is 77.7 Å². The molecule has 3 aromatic rings. The lowest BCUT2D eigenvalue weighted by atomic mass is 10.2. The van der Waals surface area contributed by atoms with Crippen molar-refractivity contribution in [3.63, 3.8) is 0 Å². The number of hydrogen-bond donors (Lipinski definition) is 2. The number of para-hydroxylation sites is 1. The second-order valence-corrected chi connectivity index (χ2v) is 8.60. The predicted octanol–water partition coefficient (Wildman–Crippen LogP) is 4.24. The molecule has 0 heterocycles. The zero-order chi connectivity index (χ0) is 20.9. The van der Waals surface area contributed by atoms with Crippen molar-refractivity contribution < 1.29 is 17.9 Å². The number of nitrogens with one attached hydrogen (secondary N) is 2. The Morgan fingerprint density at radius 2 is 1.69 bits per heavy atom. The average Bonchev–Trinajstić information content (AvgIpc) is 2.67. The Morgan fingerprint density at radius 3 is 2.38 bits per heavy atom. The van der Waals surface area contributed by atoms with Gasteiger partial charge in [-0.15, -0.1) is 0 Å². The van der Waals surface area contributed by atoms with E-state index >= 15 is 0 Å². The molecule has 6 nitrogen and oxygen atoms in total. The van der Waals surface area contributed by atoms with Gasteiger partial charge in [0.25, 0.3) is 0 Å². The summed E-state index contributed by atoms with van der Waals surface area (Å²) < 4.78 is 30.2. The topological polar surface area (TPSA) is 84.5 Å². The van der Waals surface area contributed by atoms with Crippen molar-refractivity contribution in [3.05, 3.63) is 78.4 Å². The number of hydrogen-bond acceptors (Lipinski definition) is 5. The van der Waals surface area contributed by atoms with Crippen LogP contribution in [-0.2, 0) is 14.6 Å². The normalized spacial score (nSPS) is 11.0. The van der Waals surface area contributed by atoms with E-state index in [1.165, 1.54) is 6.07 Å². The predicted molar refractivity (Wildman–Crippen MR) is 114 cm³/mol. The van der Waals surface area contributed by atoms with Gasteiger partial charge in [0.2, 0.25) is 5.91 Å². The Balaban J connectivity index is 1.73. The number of aryl methyl sites for hydroxylation is 1. The van der Waals surface area contributed by atoms with Crippen LogP contribution in [0.5, 0.6) is 11.5 Å². The van der Waals surface area contributed by atoms with Crippen molar-refractivity contribution in [2.75, 3.05) is 23.4 Å². The molecule has 0 unspecified atom stereocenters. The molecule has 0 saturated carbocycles. The summed E-state index contributed by atoms with van der Waals surface area (Å²) in [6.07, 6.45) is 1.12. The van der Waals surface area contributed by atoms with Gasteiger partial charge in [-0.1, -0.05) is 30.3 Å². The van der Waals surface area contributed by atoms with Crippen molar-refractivity contribution in [1.82, 2.24) is 0 Å². The van der Waals surface area contributed by atoms with Gasteiger partial charge in [-0.05, 0) is 48.9 Å². The van der Waals surface area contributed by atoms with E-state index in [1.807, 2.05) is 43.3 Å². The Bertz CT molecular complexity index is 1110. The van der Waals surface area contributed by atoms with Crippen LogP contribution in [0.2, 0.25) is 0 Å². The standard InChI is InChI=1S/C22H22N2O4S/c1-16-7-6-8-17(13-16)24-22(25)15-23-20-12-11-19(14-21(20)29(2,26)27)28-18-9-4-3-5-10-18/h3-14,23H,15H2,1-2H3,(H,24,25). The van der Waals surface area contributed by atoms with E-state index in [9.17, 15) is 13.2 Å². The second kappa shape index (κ2) is 8.79. The first-order valence-electron chi connectivity index (χ1n) is 8.99. The highest BCUT2D eigenvalue weighted by Crippen LogP contribution is 2.29. The van der Waals surface area contributed by atoms with E-state index in [4.69, 9.17) is 4.74 Å². The van der Waals surface area contributed by atoms with Crippen LogP contribution < -0.4 is 15.4 Å². The Morgan fingerprint density at radius 1 is 0.931 bits per heavy atom. The van der Waals surface area contributed by atoms with Gasteiger partial charge in [-0.25, -0.2) is 8.42 Å². The summed E-state index contributed by atoms with van der Waals surface area (Å²) in [6.45, 7) is 1.86. The van der Waals surface area contributed by atoms with Crippen LogP contribution >= 0.6 is 0 Å². The number of anilines is 2. The van der Waals surface area contributed by atoms with Crippen LogP contribution in [0, 0.1) is 6.92 Å². The molecule has 0 radical (unpaired) electrons. The lowest BCUT2D eigenvalue weighted by Gasteiger charge is -2.13. The monoisotopic (exact) mass is 410 g/mol. The minimum absolute atomic E-state index is 0.0642. The number of carbonyl (C=O) groups is 1. The molecule has 0 fully saturated rings. The highest BCUT2D eigenvalue weighted by Gasteiger charge is 2.16. The Labute approximate surface area is 170 Å². The first-order valence-corrected chi connectivity index (χ1v) is 10.9. The molecule has 0 bridgehead atoms. The van der Waals surface area contributed by atoms with E-state index in [1.54, 1.807) is 30.3 Å². The highest BCUT2D eigenvalue weighted by molar-refractivity contribution is 7.90. The first kappa shape index (κ1) is 20.4. The molecule has 0 aliphatic heterocycles. The number of rotatable bonds is 7. The van der Waals surface area contributed by atoms with Crippen LogP contribution in [0.25, 0.3) is 0 Å². The van der Waals surface area contributed by atoms with Gasteiger partial charge in [0, 0.05) is 18.0 Å². The lowest BCUT2D eigenvalue weighted by molar-refractivity contribution is -0.114. The number of benzene rings is 3. The average molecular weight is 410 g/mol. The molecular weight excluding hydrogens is 388 g/mol. The quantitative estimate of drug-likeness (QED) is 0.609. The fourth-order valence-electron chi connectivity index (χ4n) is 2.75. The van der Waals surface area contributed by atoms with Crippen molar-refractivity contribution in [2.45, 2.75) is 11.8 Å². The van der Waals surface area contributed by atoms with Crippen LogP contribution in [0.3, 0.4) is 0 Å². The van der Waals surface area contributed by atoms with Gasteiger partial charge in [-0.2, -0.15) is 0 Å². The minimum Gasteiger partial charge on any atom is -0.457 e. The van der Waals surface area contributed by atoms with E-state index in [2.05, 4.69) is 10.6 Å². The first-order chi connectivity index (χ1) is 13.8. The molecule has 150 valence electrons. The fourth-order valence-corrected chi connectivity index (χ4v) is 3.62. The molecule has 7 heteroatoms. The largest absolute Gasteiger partial charge is 0.457 e. The maximum Gasteiger partial charge on any atom is 0.243 e. The van der Waals surface area contributed by atoms with E-state index in [0.29, 0.717) is 22.9 Å². The highest BCUT2D eigenvalue weighted by atomic mass is 32.2. The molecule has 0 aliphatic rings. The maximum atomic E-state index is 12.2. The molecule has 0 atom stereocenters. The van der Waals surface area contributed by atoms with E-state index in [-0.39, 0.29) is 17.3 Å². The van der Waals surface area contributed by atoms with E-state index < -0.39 is 9.84 Å². The summed E-state index contributed by atoms with van der Waals surface area (Å²) in [5, 5.41) is 5.68. The molecule has 0 saturated heterocycles. The second-order valence-electron chi connectivity index (χ2n) is 6.62. The van der Waals surface area contributed by atoms with Gasteiger partial charge in [-0.3, -0.25) is 4.79 Å². The van der Waals surface area contributed by atoms with Crippen molar-refractivity contribution in [2.24, 2.45) is 0 Å². The molecule has 3 rings (SSSR count). The third-order valence-corrected chi connectivity index (χ3v) is 5.21.